The Morgan fingerprint density at radius 1 is 1.11 bits per heavy atom. The molecular formula is C20H23FN2O3S2. The van der Waals surface area contributed by atoms with Crippen molar-refractivity contribution in [3.63, 3.8) is 0 Å². The third-order valence-corrected chi connectivity index (χ3v) is 7.76. The summed E-state index contributed by atoms with van der Waals surface area (Å²) in [4.78, 5) is 0.132. The summed E-state index contributed by atoms with van der Waals surface area (Å²) in [5, 5.41) is 0.589. The predicted octanol–water partition coefficient (Wildman–Crippen LogP) is 4.13. The Morgan fingerprint density at radius 2 is 1.75 bits per heavy atom. The van der Waals surface area contributed by atoms with Crippen molar-refractivity contribution >= 4 is 31.9 Å². The maximum absolute atomic E-state index is 14.8. The van der Waals surface area contributed by atoms with Crippen LogP contribution >= 0.6 is 0 Å². The number of hydrogen-bond acceptors (Lipinski definition) is 3. The summed E-state index contributed by atoms with van der Waals surface area (Å²) in [6.07, 6.45) is 1.42. The van der Waals surface area contributed by atoms with E-state index in [1.807, 2.05) is 20.8 Å². The van der Waals surface area contributed by atoms with Crippen molar-refractivity contribution in [3.8, 4) is 0 Å². The number of hydrogen-bond donors (Lipinski definition) is 1. The second-order valence-electron chi connectivity index (χ2n) is 7.58. The van der Waals surface area contributed by atoms with Gasteiger partial charge in [-0.3, -0.25) is 0 Å². The molecule has 8 heteroatoms. The molecule has 0 amide bonds. The Labute approximate surface area is 167 Å². The molecule has 2 unspecified atom stereocenters. The number of nitrogens with zero attached hydrogens (tertiary/aromatic N) is 1. The second-order valence-corrected chi connectivity index (χ2v) is 11.4. The minimum Gasteiger partial charge on any atom is -0.242 e. The van der Waals surface area contributed by atoms with Gasteiger partial charge in [-0.1, -0.05) is 18.2 Å². The molecule has 1 N–H and O–H groups in total. The van der Waals surface area contributed by atoms with Crippen LogP contribution in [0.5, 0.6) is 0 Å². The van der Waals surface area contributed by atoms with Crippen LogP contribution in [0.15, 0.2) is 59.6 Å². The van der Waals surface area contributed by atoms with Crippen LogP contribution in [0.25, 0.3) is 10.9 Å². The molecule has 0 radical (unpaired) electrons. The lowest BCUT2D eigenvalue weighted by Crippen LogP contribution is -2.35. The van der Waals surface area contributed by atoms with Gasteiger partial charge in [-0.2, -0.15) is 0 Å². The lowest BCUT2D eigenvalue weighted by atomic mass is 10.1. The van der Waals surface area contributed by atoms with Crippen molar-refractivity contribution in [2.45, 2.75) is 43.4 Å². The van der Waals surface area contributed by atoms with Gasteiger partial charge >= 0.3 is 0 Å². The molecule has 0 bridgehead atoms. The average Bonchev–Trinajstić information content (AvgIpc) is 3.04. The zero-order valence-corrected chi connectivity index (χ0v) is 17.8. The largest absolute Gasteiger partial charge is 0.268 e. The molecule has 1 heterocycles. The zero-order chi connectivity index (χ0) is 20.7. The highest BCUT2D eigenvalue weighted by atomic mass is 32.2. The van der Waals surface area contributed by atoms with E-state index < -0.39 is 37.6 Å². The summed E-state index contributed by atoms with van der Waals surface area (Å²) >= 11 is 0. The Kier molecular flexibility index (Phi) is 5.49. The van der Waals surface area contributed by atoms with E-state index in [2.05, 4.69) is 4.72 Å². The number of aromatic nitrogens is 1. The van der Waals surface area contributed by atoms with Gasteiger partial charge in [0.05, 0.1) is 26.1 Å². The Bertz CT molecular complexity index is 1130. The van der Waals surface area contributed by atoms with Crippen LogP contribution in [0.3, 0.4) is 0 Å². The van der Waals surface area contributed by atoms with Crippen LogP contribution in [0.4, 0.5) is 4.39 Å². The maximum Gasteiger partial charge on any atom is 0.268 e. The molecule has 0 fully saturated rings. The Balaban J connectivity index is 2.02. The lowest BCUT2D eigenvalue weighted by molar-refractivity contribution is 0.573. The van der Waals surface area contributed by atoms with E-state index in [1.54, 1.807) is 37.3 Å². The van der Waals surface area contributed by atoms with Gasteiger partial charge in [-0.05, 0) is 58.0 Å². The summed E-state index contributed by atoms with van der Waals surface area (Å²) < 4.78 is 56.4. The van der Waals surface area contributed by atoms with Crippen LogP contribution in [-0.2, 0) is 21.0 Å². The molecule has 3 rings (SSSR count). The Hall–Kier alpha value is -2.03. The van der Waals surface area contributed by atoms with Gasteiger partial charge < -0.3 is 0 Å². The maximum atomic E-state index is 14.8. The minimum atomic E-state index is -3.82. The molecule has 28 heavy (non-hydrogen) atoms. The highest BCUT2D eigenvalue weighted by Gasteiger charge is 2.24. The standard InChI is InChI=1S/C20H23FN2O3S2/c1-14(22-27(24)20(2,3)4)17-12-15-10-11-23(19(15)13-18(17)21)28(25,26)16-8-6-5-7-9-16/h5-14,22H,1-4H3. The first-order valence-corrected chi connectivity index (χ1v) is 11.4. The molecule has 150 valence electrons. The number of benzene rings is 2. The van der Waals surface area contributed by atoms with Crippen molar-refractivity contribution in [1.29, 1.82) is 0 Å². The number of fused-ring (bicyclic) bond motifs is 1. The van der Waals surface area contributed by atoms with Gasteiger partial charge in [0.15, 0.2) is 0 Å². The average molecular weight is 423 g/mol. The summed E-state index contributed by atoms with van der Waals surface area (Å²) in [6, 6.07) is 11.9. The van der Waals surface area contributed by atoms with E-state index in [9.17, 15) is 17.0 Å². The van der Waals surface area contributed by atoms with Crippen LogP contribution in [-0.4, -0.2) is 21.3 Å². The number of rotatable bonds is 5. The molecule has 0 saturated carbocycles. The van der Waals surface area contributed by atoms with Crippen molar-refractivity contribution in [2.24, 2.45) is 0 Å². The molecule has 0 aliphatic carbocycles. The molecular weight excluding hydrogens is 399 g/mol. The van der Waals surface area contributed by atoms with E-state index in [0.717, 1.165) is 3.97 Å². The van der Waals surface area contributed by atoms with E-state index >= 15 is 0 Å². The molecule has 0 aliphatic rings. The monoisotopic (exact) mass is 422 g/mol. The van der Waals surface area contributed by atoms with Gasteiger partial charge in [0.25, 0.3) is 10.0 Å². The van der Waals surface area contributed by atoms with Crippen LogP contribution in [0, 0.1) is 5.82 Å². The van der Waals surface area contributed by atoms with Gasteiger partial charge in [0.2, 0.25) is 0 Å². The molecule has 0 spiro atoms. The lowest BCUT2D eigenvalue weighted by Gasteiger charge is -2.22. The number of nitrogens with one attached hydrogen (secondary N) is 1. The fraction of sp³-hybridized carbons (Fsp3) is 0.300. The molecule has 2 aromatic carbocycles. The first-order chi connectivity index (χ1) is 13.0. The SMILES string of the molecule is CC(NS(=O)C(C)(C)C)c1cc2ccn(S(=O)(=O)c3ccccc3)c2cc1F. The third-order valence-electron chi connectivity index (χ3n) is 4.38. The molecule has 1 aromatic heterocycles. The highest BCUT2D eigenvalue weighted by Crippen LogP contribution is 2.28. The molecule has 2 atom stereocenters. The molecule has 5 nitrogen and oxygen atoms in total. The minimum absolute atomic E-state index is 0.132. The van der Waals surface area contributed by atoms with Gasteiger partial charge in [0.1, 0.15) is 5.82 Å². The van der Waals surface area contributed by atoms with Crippen molar-refractivity contribution < 1.29 is 17.0 Å². The first kappa shape index (κ1) is 20.7. The fourth-order valence-corrected chi connectivity index (χ4v) is 4.97. The van der Waals surface area contributed by atoms with E-state index in [0.29, 0.717) is 10.9 Å². The van der Waals surface area contributed by atoms with Crippen molar-refractivity contribution in [1.82, 2.24) is 8.69 Å². The first-order valence-electron chi connectivity index (χ1n) is 8.81. The number of halogens is 1. The van der Waals surface area contributed by atoms with E-state index in [4.69, 9.17) is 0 Å². The van der Waals surface area contributed by atoms with Gasteiger partial charge in [-0.15, -0.1) is 0 Å². The zero-order valence-electron chi connectivity index (χ0n) is 16.1. The summed E-state index contributed by atoms with van der Waals surface area (Å²) in [7, 11) is -5.19. The van der Waals surface area contributed by atoms with Crippen molar-refractivity contribution in [2.75, 3.05) is 0 Å². The van der Waals surface area contributed by atoms with E-state index in [1.165, 1.54) is 24.4 Å². The second kappa shape index (κ2) is 7.42. The summed E-state index contributed by atoms with van der Waals surface area (Å²) in [5.74, 6) is -0.554. The molecule has 0 saturated heterocycles. The Morgan fingerprint density at radius 3 is 2.36 bits per heavy atom. The normalized spacial score (nSPS) is 14.9. The summed E-state index contributed by atoms with van der Waals surface area (Å²) in [5.41, 5.74) is 0.592. The highest BCUT2D eigenvalue weighted by molar-refractivity contribution is 7.90. The van der Waals surface area contributed by atoms with Crippen LogP contribution in [0.1, 0.15) is 39.3 Å². The predicted molar refractivity (Wildman–Crippen MR) is 110 cm³/mol. The smallest absolute Gasteiger partial charge is 0.242 e. The van der Waals surface area contributed by atoms with Gasteiger partial charge in [0, 0.05) is 23.2 Å². The molecule has 3 aromatic rings. The summed E-state index contributed by atoms with van der Waals surface area (Å²) in [6.45, 7) is 7.22. The third kappa shape index (κ3) is 3.90. The van der Waals surface area contributed by atoms with Crippen molar-refractivity contribution in [3.05, 3.63) is 66.1 Å². The van der Waals surface area contributed by atoms with Crippen LogP contribution in [0.2, 0.25) is 0 Å². The quantitative estimate of drug-likeness (QED) is 0.672. The molecule has 0 aliphatic heterocycles. The van der Waals surface area contributed by atoms with Crippen LogP contribution < -0.4 is 4.72 Å². The van der Waals surface area contributed by atoms with Gasteiger partial charge in [-0.25, -0.2) is 25.7 Å². The fourth-order valence-electron chi connectivity index (χ4n) is 2.80. The topological polar surface area (TPSA) is 68.2 Å². The van der Waals surface area contributed by atoms with E-state index in [-0.39, 0.29) is 10.4 Å².